The van der Waals surface area contributed by atoms with Crippen molar-refractivity contribution in [2.45, 2.75) is 32.6 Å². The van der Waals surface area contributed by atoms with E-state index in [1.54, 1.807) is 12.1 Å². The summed E-state index contributed by atoms with van der Waals surface area (Å²) in [5, 5.41) is 9.05. The predicted molar refractivity (Wildman–Crippen MR) is 127 cm³/mol. The molecule has 0 amide bonds. The molecule has 5 heteroatoms. The van der Waals surface area contributed by atoms with Crippen LogP contribution in [-0.2, 0) is 17.1 Å². The fraction of sp³-hybridized carbons (Fsp3) is 0.179. The van der Waals surface area contributed by atoms with Gasteiger partial charge in [0.05, 0.1) is 5.69 Å². The van der Waals surface area contributed by atoms with Gasteiger partial charge in [0.2, 0.25) is 0 Å². The largest absolute Gasteiger partial charge is 0.481 e. The van der Waals surface area contributed by atoms with Crippen molar-refractivity contribution < 1.29 is 18.7 Å². The zero-order chi connectivity index (χ0) is 23.6. The zero-order valence-corrected chi connectivity index (χ0v) is 18.6. The van der Waals surface area contributed by atoms with Gasteiger partial charge in [0, 0.05) is 35.9 Å². The van der Waals surface area contributed by atoms with Crippen molar-refractivity contribution in [2.24, 2.45) is 0 Å². The van der Waals surface area contributed by atoms with Crippen molar-refractivity contribution in [2.75, 3.05) is 0 Å². The van der Waals surface area contributed by atoms with Gasteiger partial charge < -0.3 is 9.67 Å². The molecule has 0 bridgehead atoms. The summed E-state index contributed by atoms with van der Waals surface area (Å²) in [6.07, 6.45) is 0.494. The Kier molecular flexibility index (Phi) is 6.14. The maximum atomic E-state index is 13.7. The summed E-state index contributed by atoms with van der Waals surface area (Å²) >= 11 is 0. The lowest BCUT2D eigenvalue weighted by Crippen LogP contribution is -2.06. The number of hydrogen-bond donors (Lipinski definition) is 1. The van der Waals surface area contributed by atoms with Crippen LogP contribution in [0.3, 0.4) is 0 Å². The summed E-state index contributed by atoms with van der Waals surface area (Å²) in [4.78, 5) is 11.0. The fourth-order valence-electron chi connectivity index (χ4n) is 4.10. The van der Waals surface area contributed by atoms with Crippen LogP contribution in [0, 0.1) is 6.92 Å². The first-order chi connectivity index (χ1) is 15.7. The van der Waals surface area contributed by atoms with Gasteiger partial charge in [0.25, 0.3) is 5.92 Å². The molecule has 4 aromatic rings. The van der Waals surface area contributed by atoms with Gasteiger partial charge in [-0.15, -0.1) is 0 Å². The van der Waals surface area contributed by atoms with Crippen LogP contribution in [0.4, 0.5) is 8.78 Å². The van der Waals surface area contributed by atoms with Crippen LogP contribution in [0.15, 0.2) is 84.9 Å². The monoisotopic (exact) mass is 445 g/mol. The van der Waals surface area contributed by atoms with Crippen molar-refractivity contribution in [1.29, 1.82) is 0 Å². The Hall–Kier alpha value is -3.73. The first-order valence-electron chi connectivity index (χ1n) is 10.8. The van der Waals surface area contributed by atoms with Crippen molar-refractivity contribution in [3.63, 3.8) is 0 Å². The van der Waals surface area contributed by atoms with Crippen LogP contribution in [0.25, 0.3) is 28.1 Å². The Morgan fingerprint density at radius 1 is 0.909 bits per heavy atom. The second kappa shape index (κ2) is 9.02. The lowest BCUT2D eigenvalue weighted by atomic mass is 10.0. The number of benzene rings is 3. The Morgan fingerprint density at radius 3 is 2.24 bits per heavy atom. The molecule has 1 N–H and O–H groups in total. The molecule has 168 valence electrons. The van der Waals surface area contributed by atoms with Crippen LogP contribution < -0.4 is 0 Å². The average Bonchev–Trinajstić information content (AvgIpc) is 3.15. The van der Waals surface area contributed by atoms with Gasteiger partial charge in [-0.25, -0.2) is 8.78 Å². The molecule has 0 unspecified atom stereocenters. The number of alkyl halides is 2. The number of rotatable bonds is 7. The van der Waals surface area contributed by atoms with E-state index in [4.69, 9.17) is 5.11 Å². The van der Waals surface area contributed by atoms with E-state index in [2.05, 4.69) is 10.6 Å². The van der Waals surface area contributed by atoms with Gasteiger partial charge in [0.1, 0.15) is 0 Å². The van der Waals surface area contributed by atoms with E-state index in [9.17, 15) is 13.6 Å². The van der Waals surface area contributed by atoms with Gasteiger partial charge >= 0.3 is 5.97 Å². The molecule has 0 fully saturated rings. The standard InChI is InChI=1S/C28H25F2NO2/c1-19-25(21-8-4-3-5-9-21)18-26(22-12-14-23(15-13-22)28(2,29)30)31(19)24-10-6-7-20(17-24)11-16-27(32)33/h3-10,12-15,17-18H,11,16H2,1-2H3,(H,32,33). The van der Waals surface area contributed by atoms with Crippen molar-refractivity contribution >= 4 is 5.97 Å². The van der Waals surface area contributed by atoms with E-state index >= 15 is 0 Å². The number of hydrogen-bond acceptors (Lipinski definition) is 1. The summed E-state index contributed by atoms with van der Waals surface area (Å²) in [5.41, 5.74) is 6.63. The van der Waals surface area contributed by atoms with E-state index in [1.807, 2.05) is 61.5 Å². The molecule has 0 saturated carbocycles. The highest BCUT2D eigenvalue weighted by molar-refractivity contribution is 5.77. The molecule has 1 aromatic heterocycles. The molecule has 0 saturated heterocycles. The van der Waals surface area contributed by atoms with Gasteiger partial charge in [-0.1, -0.05) is 66.7 Å². The van der Waals surface area contributed by atoms with Gasteiger partial charge in [-0.05, 0) is 48.2 Å². The molecular formula is C28H25F2NO2. The number of aromatic nitrogens is 1. The van der Waals surface area contributed by atoms with Gasteiger partial charge in [-0.2, -0.15) is 0 Å². The van der Waals surface area contributed by atoms with Gasteiger partial charge in [0.15, 0.2) is 0 Å². The summed E-state index contributed by atoms with van der Waals surface area (Å²) in [5.74, 6) is -3.73. The van der Waals surface area contributed by atoms with Gasteiger partial charge in [-0.3, -0.25) is 4.79 Å². The Labute approximate surface area is 191 Å². The van der Waals surface area contributed by atoms with Crippen LogP contribution in [0.2, 0.25) is 0 Å². The number of carboxylic acids is 1. The summed E-state index contributed by atoms with van der Waals surface area (Å²) in [6, 6.07) is 26.3. The molecule has 0 aliphatic heterocycles. The highest BCUT2D eigenvalue weighted by Crippen LogP contribution is 2.36. The number of halogens is 2. The molecule has 0 aliphatic rings. The molecule has 33 heavy (non-hydrogen) atoms. The number of aryl methyl sites for hydroxylation is 1. The lowest BCUT2D eigenvalue weighted by Gasteiger charge is -2.15. The zero-order valence-electron chi connectivity index (χ0n) is 18.6. The van der Waals surface area contributed by atoms with E-state index in [0.717, 1.165) is 46.3 Å². The van der Waals surface area contributed by atoms with Crippen LogP contribution in [0.1, 0.15) is 30.2 Å². The maximum absolute atomic E-state index is 13.7. The third kappa shape index (κ3) is 4.87. The summed E-state index contributed by atoms with van der Waals surface area (Å²) in [7, 11) is 0. The number of nitrogens with zero attached hydrogens (tertiary/aromatic N) is 1. The minimum Gasteiger partial charge on any atom is -0.481 e. The number of carbonyl (C=O) groups is 1. The number of carboxylic acid groups (broad SMARTS) is 1. The number of aliphatic carboxylic acids is 1. The molecular weight excluding hydrogens is 420 g/mol. The second-order valence-electron chi connectivity index (χ2n) is 8.26. The van der Waals surface area contributed by atoms with Crippen molar-refractivity contribution in [3.05, 3.63) is 102 Å². The lowest BCUT2D eigenvalue weighted by molar-refractivity contribution is -0.136. The average molecular weight is 446 g/mol. The fourth-order valence-corrected chi connectivity index (χ4v) is 4.10. The Morgan fingerprint density at radius 2 is 1.61 bits per heavy atom. The molecule has 1 heterocycles. The summed E-state index contributed by atoms with van der Waals surface area (Å²) in [6.45, 7) is 2.93. The van der Waals surface area contributed by atoms with Crippen LogP contribution in [-0.4, -0.2) is 15.6 Å². The predicted octanol–water partition coefficient (Wildman–Crippen LogP) is 7.25. The van der Waals surface area contributed by atoms with E-state index in [1.165, 1.54) is 12.1 Å². The smallest absolute Gasteiger partial charge is 0.303 e. The summed E-state index contributed by atoms with van der Waals surface area (Å²) < 4.78 is 29.6. The normalized spacial score (nSPS) is 11.5. The third-order valence-corrected chi connectivity index (χ3v) is 5.82. The highest BCUT2D eigenvalue weighted by atomic mass is 19.3. The SMILES string of the molecule is Cc1c(-c2ccccc2)cc(-c2ccc(C(C)(F)F)cc2)n1-c1cccc(CCC(=O)O)c1. The molecule has 0 radical (unpaired) electrons. The van der Waals surface area contributed by atoms with Crippen LogP contribution in [0.5, 0.6) is 0 Å². The molecule has 0 aliphatic carbocycles. The first-order valence-corrected chi connectivity index (χ1v) is 10.8. The third-order valence-electron chi connectivity index (χ3n) is 5.82. The maximum Gasteiger partial charge on any atom is 0.303 e. The molecule has 0 spiro atoms. The Balaban J connectivity index is 1.86. The second-order valence-corrected chi connectivity index (χ2v) is 8.26. The highest BCUT2D eigenvalue weighted by Gasteiger charge is 2.24. The molecule has 0 atom stereocenters. The quantitative estimate of drug-likeness (QED) is 0.326. The minimum atomic E-state index is -2.90. The Bertz CT molecular complexity index is 1270. The van der Waals surface area contributed by atoms with E-state index in [0.29, 0.717) is 6.42 Å². The van der Waals surface area contributed by atoms with E-state index < -0.39 is 11.9 Å². The molecule has 3 aromatic carbocycles. The van der Waals surface area contributed by atoms with Crippen LogP contribution >= 0.6 is 0 Å². The molecule has 3 nitrogen and oxygen atoms in total. The van der Waals surface area contributed by atoms with E-state index in [-0.39, 0.29) is 12.0 Å². The first kappa shape index (κ1) is 22.5. The topological polar surface area (TPSA) is 42.2 Å². The van der Waals surface area contributed by atoms with Crippen molar-refractivity contribution in [3.8, 4) is 28.1 Å². The van der Waals surface area contributed by atoms with Crippen molar-refractivity contribution in [1.82, 2.24) is 4.57 Å². The molecule has 4 rings (SSSR count). The minimum absolute atomic E-state index is 0.0278.